The molecule has 0 spiro atoms. The highest BCUT2D eigenvalue weighted by atomic mass is 16.5. The van der Waals surface area contributed by atoms with Crippen LogP contribution in [0.25, 0.3) is 0 Å². The Bertz CT molecular complexity index is 930. The second kappa shape index (κ2) is 12.3. The van der Waals surface area contributed by atoms with Gasteiger partial charge in [0.1, 0.15) is 24.2 Å². The molecule has 1 unspecified atom stereocenters. The number of fused-ring (bicyclic) bond motifs is 1. The van der Waals surface area contributed by atoms with Crippen molar-refractivity contribution in [3.05, 3.63) is 47.8 Å². The van der Waals surface area contributed by atoms with Crippen LogP contribution < -0.4 is 9.64 Å². The van der Waals surface area contributed by atoms with Crippen molar-refractivity contribution in [2.45, 2.75) is 83.2 Å². The summed E-state index contributed by atoms with van der Waals surface area (Å²) < 4.78 is 5.86. The summed E-state index contributed by atoms with van der Waals surface area (Å²) in [5, 5.41) is 20.4. The van der Waals surface area contributed by atoms with Crippen molar-refractivity contribution < 1.29 is 24.6 Å². The van der Waals surface area contributed by atoms with E-state index >= 15 is 0 Å². The maximum absolute atomic E-state index is 12.4. The van der Waals surface area contributed by atoms with Crippen LogP contribution in [-0.4, -0.2) is 41.1 Å². The van der Waals surface area contributed by atoms with Gasteiger partial charge in [0.05, 0.1) is 11.7 Å². The molecule has 1 aromatic carbocycles. The number of phenolic OH excluding ortho intramolecular Hbond substituents is 1. The number of Topliss-reactive ketones (excluding diaryl/α,β-unsaturated/α-hetero) is 1. The van der Waals surface area contributed by atoms with Gasteiger partial charge in [-0.15, -0.1) is 0 Å². The number of phenols is 1. The highest BCUT2D eigenvalue weighted by molar-refractivity contribution is 6.06. The number of unbranched alkanes of at least 4 members (excludes halogenated alkanes) is 1. The summed E-state index contributed by atoms with van der Waals surface area (Å²) in [6.07, 6.45) is 17.6. The number of carbonyl (C=O) groups excluding carboxylic acids is 1. The molecule has 2 atom stereocenters. The standard InChI is InChI=1S/C28H38N2O4/c31-24(9-5-4-8-21-6-2-1-3-7-21)17-25(32)12-10-22-11-13-27(33)28(16-22)34-20-30-18-23-14-15-29-26(23)19-30/h11,13-16,18,21,24,31,33H,1-10,12,17,19-20H2/p+1/t24-/m1/s1. The molecule has 0 radical (unpaired) electrons. The van der Waals surface area contributed by atoms with Gasteiger partial charge < -0.3 is 14.9 Å². The lowest BCUT2D eigenvalue weighted by Crippen LogP contribution is -3.07. The molecule has 6 nitrogen and oxygen atoms in total. The number of aliphatic hydroxyl groups excluding tert-OH is 1. The van der Waals surface area contributed by atoms with E-state index in [0.29, 0.717) is 31.7 Å². The average Bonchev–Trinajstić information content (AvgIpc) is 3.43. The minimum atomic E-state index is -0.533. The molecule has 3 N–H and O–H groups in total. The summed E-state index contributed by atoms with van der Waals surface area (Å²) in [5.74, 6) is 1.50. The zero-order valence-electron chi connectivity index (χ0n) is 20.2. The van der Waals surface area contributed by atoms with Crippen LogP contribution in [0.3, 0.4) is 0 Å². The van der Waals surface area contributed by atoms with E-state index < -0.39 is 6.10 Å². The fourth-order valence-corrected chi connectivity index (χ4v) is 5.28. The van der Waals surface area contributed by atoms with Crippen LogP contribution in [0.1, 0.15) is 76.2 Å². The first-order chi connectivity index (χ1) is 16.6. The van der Waals surface area contributed by atoms with E-state index in [-0.39, 0.29) is 18.0 Å². The number of aromatic hydroxyl groups is 1. The fourth-order valence-electron chi connectivity index (χ4n) is 5.28. The number of hydrogen-bond acceptors (Lipinski definition) is 5. The van der Waals surface area contributed by atoms with Crippen molar-refractivity contribution in [2.24, 2.45) is 10.9 Å². The van der Waals surface area contributed by atoms with Crippen LogP contribution in [0.2, 0.25) is 0 Å². The minimum absolute atomic E-state index is 0.0869. The van der Waals surface area contributed by atoms with Crippen LogP contribution in [0.4, 0.5) is 0 Å². The molecular weight excluding hydrogens is 428 g/mol. The maximum Gasteiger partial charge on any atom is 0.227 e. The molecule has 2 aliphatic heterocycles. The second-order valence-electron chi connectivity index (χ2n) is 10.1. The molecule has 3 aliphatic rings. The SMILES string of the molecule is O=C(CCc1ccc(O)c(OC[NH+]2C=C3C=CN=C3C2)c1)C[C@H](O)CCCCC1CCCCC1. The van der Waals surface area contributed by atoms with Crippen molar-refractivity contribution >= 4 is 11.5 Å². The summed E-state index contributed by atoms with van der Waals surface area (Å²) in [4.78, 5) is 17.8. The summed E-state index contributed by atoms with van der Waals surface area (Å²) in [6.45, 7) is 1.18. The Morgan fingerprint density at radius 3 is 2.88 bits per heavy atom. The highest BCUT2D eigenvalue weighted by Gasteiger charge is 2.25. The number of aliphatic imine (C=N–C) groups is 1. The third-order valence-electron chi connectivity index (χ3n) is 7.29. The summed E-state index contributed by atoms with van der Waals surface area (Å²) in [5.41, 5.74) is 3.16. The monoisotopic (exact) mass is 467 g/mol. The number of benzene rings is 1. The lowest BCUT2D eigenvalue weighted by atomic mass is 9.85. The Morgan fingerprint density at radius 2 is 2.06 bits per heavy atom. The largest absolute Gasteiger partial charge is 0.504 e. The summed E-state index contributed by atoms with van der Waals surface area (Å²) in [6, 6.07) is 5.26. The quantitative estimate of drug-likeness (QED) is 0.385. The zero-order valence-corrected chi connectivity index (χ0v) is 20.2. The van der Waals surface area contributed by atoms with Gasteiger partial charge in [-0.2, -0.15) is 0 Å². The second-order valence-corrected chi connectivity index (χ2v) is 10.1. The number of hydrogen-bond donors (Lipinski definition) is 3. The van der Waals surface area contributed by atoms with Gasteiger partial charge in [0.15, 0.2) is 11.5 Å². The Morgan fingerprint density at radius 1 is 1.21 bits per heavy atom. The molecule has 1 fully saturated rings. The number of ether oxygens (including phenoxy) is 1. The van der Waals surface area contributed by atoms with Gasteiger partial charge in [-0.05, 0) is 42.5 Å². The van der Waals surface area contributed by atoms with Gasteiger partial charge in [-0.25, -0.2) is 0 Å². The number of carbonyl (C=O) groups is 1. The van der Waals surface area contributed by atoms with Crippen molar-refractivity contribution in [3.8, 4) is 11.5 Å². The van der Waals surface area contributed by atoms with Crippen molar-refractivity contribution in [3.63, 3.8) is 0 Å². The van der Waals surface area contributed by atoms with Gasteiger partial charge >= 0.3 is 0 Å². The predicted octanol–water partition coefficient (Wildman–Crippen LogP) is 3.87. The van der Waals surface area contributed by atoms with E-state index in [1.165, 1.54) is 38.5 Å². The third-order valence-corrected chi connectivity index (χ3v) is 7.29. The predicted molar refractivity (Wildman–Crippen MR) is 133 cm³/mol. The number of aliphatic hydroxyl groups is 1. The molecule has 0 amide bonds. The van der Waals surface area contributed by atoms with E-state index in [4.69, 9.17) is 4.74 Å². The Labute approximate surface area is 203 Å². The first-order valence-electron chi connectivity index (χ1n) is 13.0. The minimum Gasteiger partial charge on any atom is -0.504 e. The number of rotatable bonds is 13. The van der Waals surface area contributed by atoms with Crippen LogP contribution in [0.15, 0.2) is 47.2 Å². The Kier molecular flexibility index (Phi) is 8.94. The molecule has 1 aliphatic carbocycles. The molecule has 0 saturated heterocycles. The molecular formula is C28H39N2O4+. The lowest BCUT2D eigenvalue weighted by Gasteiger charge is -2.21. The molecule has 4 rings (SSSR count). The van der Waals surface area contributed by atoms with Gasteiger partial charge in [0.2, 0.25) is 6.73 Å². The Balaban J connectivity index is 1.14. The normalized spacial score (nSPS) is 20.7. The number of nitrogens with zero attached hydrogens (tertiary/aromatic N) is 1. The van der Waals surface area contributed by atoms with Gasteiger partial charge in [-0.3, -0.25) is 14.7 Å². The van der Waals surface area contributed by atoms with Crippen molar-refractivity contribution in [2.75, 3.05) is 13.3 Å². The first kappa shape index (κ1) is 24.7. The van der Waals surface area contributed by atoms with Gasteiger partial charge in [-0.1, -0.05) is 57.4 Å². The van der Waals surface area contributed by atoms with Crippen LogP contribution in [0, 0.1) is 5.92 Å². The number of nitrogens with one attached hydrogen (secondary N) is 1. The third kappa shape index (κ3) is 7.28. The molecule has 34 heavy (non-hydrogen) atoms. The van der Waals surface area contributed by atoms with E-state index in [9.17, 15) is 15.0 Å². The number of aryl methyl sites for hydroxylation is 1. The van der Waals surface area contributed by atoms with E-state index in [2.05, 4.69) is 11.2 Å². The van der Waals surface area contributed by atoms with Crippen LogP contribution in [-0.2, 0) is 11.2 Å². The molecule has 2 heterocycles. The summed E-state index contributed by atoms with van der Waals surface area (Å²) >= 11 is 0. The van der Waals surface area contributed by atoms with Gasteiger partial charge in [0, 0.05) is 19.0 Å². The molecule has 0 bridgehead atoms. The number of allylic oxidation sites excluding steroid dienone is 1. The Hall–Kier alpha value is -2.44. The molecule has 184 valence electrons. The zero-order chi connectivity index (χ0) is 23.8. The summed E-state index contributed by atoms with van der Waals surface area (Å²) in [7, 11) is 0. The number of ketones is 1. The average molecular weight is 468 g/mol. The van der Waals surface area contributed by atoms with Crippen LogP contribution >= 0.6 is 0 Å². The number of quaternary nitrogens is 1. The van der Waals surface area contributed by atoms with E-state index in [0.717, 1.165) is 47.1 Å². The maximum atomic E-state index is 12.4. The van der Waals surface area contributed by atoms with Crippen molar-refractivity contribution in [1.82, 2.24) is 0 Å². The van der Waals surface area contributed by atoms with Crippen molar-refractivity contribution in [1.29, 1.82) is 0 Å². The lowest BCUT2D eigenvalue weighted by molar-refractivity contribution is -0.851. The van der Waals surface area contributed by atoms with E-state index in [1.807, 2.05) is 24.4 Å². The first-order valence-corrected chi connectivity index (χ1v) is 13.0. The topological polar surface area (TPSA) is 83.6 Å². The van der Waals surface area contributed by atoms with E-state index in [1.54, 1.807) is 6.07 Å². The molecule has 6 heteroatoms. The highest BCUT2D eigenvalue weighted by Crippen LogP contribution is 2.29. The van der Waals surface area contributed by atoms with Crippen LogP contribution in [0.5, 0.6) is 11.5 Å². The fraction of sp³-hybridized carbons (Fsp3) is 0.571. The molecule has 1 saturated carbocycles. The van der Waals surface area contributed by atoms with Gasteiger partial charge in [0.25, 0.3) is 0 Å². The molecule has 0 aromatic heterocycles. The molecule has 1 aromatic rings. The smallest absolute Gasteiger partial charge is 0.227 e.